The molecule has 0 saturated heterocycles. The van der Waals surface area contributed by atoms with Crippen LogP contribution in [0.5, 0.6) is 11.5 Å². The van der Waals surface area contributed by atoms with E-state index in [9.17, 15) is 10.2 Å². The molecule has 0 aliphatic rings. The number of aromatic hydroxyl groups is 2. The lowest BCUT2D eigenvalue weighted by atomic mass is 9.96. The van der Waals surface area contributed by atoms with Gasteiger partial charge >= 0.3 is 0 Å². The van der Waals surface area contributed by atoms with Crippen LogP contribution in [0.2, 0.25) is 0 Å². The summed E-state index contributed by atoms with van der Waals surface area (Å²) in [5, 5.41) is 20.7. The maximum absolute atomic E-state index is 10.1. The molecule has 1 heterocycles. The number of hydrogen-bond donors (Lipinski definition) is 2. The number of thiazole rings is 1. The number of benzene rings is 2. The number of phenolic OH excluding ortho intramolecular Hbond substituents is 2. The molecule has 0 aliphatic heterocycles. The van der Waals surface area contributed by atoms with E-state index in [0.717, 1.165) is 30.8 Å². The number of halogens is 1. The lowest BCUT2D eigenvalue weighted by molar-refractivity contribution is 0.465. The minimum absolute atomic E-state index is 0.199. The zero-order valence-electron chi connectivity index (χ0n) is 11.6. The first-order chi connectivity index (χ1) is 9.97. The third-order valence-electron chi connectivity index (χ3n) is 3.32. The van der Waals surface area contributed by atoms with Gasteiger partial charge in [-0.25, -0.2) is 4.98 Å². The normalized spacial score (nSPS) is 11.4. The predicted molar refractivity (Wildman–Crippen MR) is 90.2 cm³/mol. The monoisotopic (exact) mass is 363 g/mol. The Bertz CT molecular complexity index is 827. The highest BCUT2D eigenvalue weighted by atomic mass is 79.9. The molecule has 3 rings (SSSR count). The number of fused-ring (bicyclic) bond motifs is 1. The van der Waals surface area contributed by atoms with E-state index >= 15 is 0 Å². The van der Waals surface area contributed by atoms with Gasteiger partial charge in [-0.2, -0.15) is 0 Å². The van der Waals surface area contributed by atoms with Gasteiger partial charge in [-0.05, 0) is 40.0 Å². The maximum atomic E-state index is 10.1. The molecular formula is C16H14BrNO2S. The van der Waals surface area contributed by atoms with Crippen LogP contribution in [0, 0.1) is 0 Å². The first-order valence-corrected chi connectivity index (χ1v) is 8.19. The van der Waals surface area contributed by atoms with E-state index in [1.807, 2.05) is 26.0 Å². The second-order valence-corrected chi connectivity index (χ2v) is 7.07. The second-order valence-electron chi connectivity index (χ2n) is 5.19. The van der Waals surface area contributed by atoms with Crippen LogP contribution in [-0.2, 0) is 0 Å². The summed E-state index contributed by atoms with van der Waals surface area (Å²) in [4.78, 5) is 4.66. The van der Waals surface area contributed by atoms with E-state index in [1.54, 1.807) is 18.2 Å². The molecule has 2 N–H and O–H groups in total. The molecule has 5 heteroatoms. The van der Waals surface area contributed by atoms with Crippen LogP contribution in [0.15, 0.2) is 34.8 Å². The molecule has 3 nitrogen and oxygen atoms in total. The van der Waals surface area contributed by atoms with Crippen molar-refractivity contribution >= 4 is 37.5 Å². The molecule has 0 saturated carbocycles. The summed E-state index contributed by atoms with van der Waals surface area (Å²) >= 11 is 4.94. The summed E-state index contributed by atoms with van der Waals surface area (Å²) in [5.41, 5.74) is 2.67. The predicted octanol–water partition coefficient (Wildman–Crippen LogP) is 5.26. The Morgan fingerprint density at radius 3 is 2.67 bits per heavy atom. The zero-order valence-corrected chi connectivity index (χ0v) is 14.0. The van der Waals surface area contributed by atoms with Crippen LogP contribution in [0.3, 0.4) is 0 Å². The van der Waals surface area contributed by atoms with Crippen molar-refractivity contribution < 1.29 is 10.2 Å². The third kappa shape index (κ3) is 2.51. The number of aromatic nitrogens is 1. The van der Waals surface area contributed by atoms with Gasteiger partial charge in [0.25, 0.3) is 0 Å². The fraction of sp³-hybridized carbons (Fsp3) is 0.188. The minimum Gasteiger partial charge on any atom is -0.508 e. The molecular weight excluding hydrogens is 350 g/mol. The Labute approximate surface area is 135 Å². The summed E-state index contributed by atoms with van der Waals surface area (Å²) in [6.45, 7) is 4.10. The number of phenols is 2. The van der Waals surface area contributed by atoms with Gasteiger partial charge in [0.2, 0.25) is 0 Å². The smallest absolute Gasteiger partial charge is 0.125 e. The Balaban J connectivity index is 2.26. The van der Waals surface area contributed by atoms with Gasteiger partial charge in [0.05, 0.1) is 10.2 Å². The van der Waals surface area contributed by atoms with Gasteiger partial charge in [-0.1, -0.05) is 26.0 Å². The maximum Gasteiger partial charge on any atom is 0.125 e. The number of hydrogen-bond acceptors (Lipinski definition) is 4. The first-order valence-electron chi connectivity index (χ1n) is 6.58. The SMILES string of the molecule is CC(C)c1c(O)cccc1-c1nc2c(Br)cc(O)cc2s1. The molecule has 2 aromatic carbocycles. The summed E-state index contributed by atoms with van der Waals surface area (Å²) in [7, 11) is 0. The Morgan fingerprint density at radius 1 is 1.19 bits per heavy atom. The third-order valence-corrected chi connectivity index (χ3v) is 4.96. The average Bonchev–Trinajstić information content (AvgIpc) is 2.81. The van der Waals surface area contributed by atoms with E-state index < -0.39 is 0 Å². The Hall–Kier alpha value is -1.59. The standard InChI is InChI=1S/C16H14BrNO2S/c1-8(2)14-10(4-3-5-12(14)20)16-18-15-11(17)6-9(19)7-13(15)21-16/h3-8,19-20H,1-2H3. The number of nitrogens with zero attached hydrogens (tertiary/aromatic N) is 1. The van der Waals surface area contributed by atoms with Crippen molar-refractivity contribution in [1.82, 2.24) is 4.98 Å². The van der Waals surface area contributed by atoms with Crippen molar-refractivity contribution in [2.24, 2.45) is 0 Å². The van der Waals surface area contributed by atoms with Crippen LogP contribution in [0.4, 0.5) is 0 Å². The summed E-state index contributed by atoms with van der Waals surface area (Å²) < 4.78 is 1.68. The van der Waals surface area contributed by atoms with Gasteiger partial charge in [0.15, 0.2) is 0 Å². The molecule has 0 bridgehead atoms. The van der Waals surface area contributed by atoms with Crippen molar-refractivity contribution in [2.45, 2.75) is 19.8 Å². The van der Waals surface area contributed by atoms with Crippen molar-refractivity contribution in [2.75, 3.05) is 0 Å². The van der Waals surface area contributed by atoms with Gasteiger partial charge in [-0.15, -0.1) is 11.3 Å². The Kier molecular flexibility index (Phi) is 3.63. The van der Waals surface area contributed by atoms with Crippen LogP contribution >= 0.6 is 27.3 Å². The Morgan fingerprint density at radius 2 is 1.95 bits per heavy atom. The molecule has 1 aromatic heterocycles. The topological polar surface area (TPSA) is 53.4 Å². The average molecular weight is 364 g/mol. The molecule has 0 radical (unpaired) electrons. The second kappa shape index (κ2) is 5.31. The van der Waals surface area contributed by atoms with E-state index in [1.165, 1.54) is 11.3 Å². The van der Waals surface area contributed by atoms with Crippen LogP contribution in [0.25, 0.3) is 20.8 Å². The molecule has 0 spiro atoms. The molecule has 21 heavy (non-hydrogen) atoms. The van der Waals surface area contributed by atoms with E-state index in [2.05, 4.69) is 20.9 Å². The lowest BCUT2D eigenvalue weighted by Crippen LogP contribution is -1.92. The molecule has 0 fully saturated rings. The summed E-state index contributed by atoms with van der Waals surface area (Å²) in [6.07, 6.45) is 0. The van der Waals surface area contributed by atoms with Crippen molar-refractivity contribution in [3.05, 3.63) is 40.4 Å². The highest BCUT2D eigenvalue weighted by molar-refractivity contribution is 9.10. The molecule has 0 atom stereocenters. The largest absolute Gasteiger partial charge is 0.508 e. The highest BCUT2D eigenvalue weighted by Gasteiger charge is 2.17. The quantitative estimate of drug-likeness (QED) is 0.652. The van der Waals surface area contributed by atoms with Gasteiger partial charge < -0.3 is 10.2 Å². The molecule has 0 unspecified atom stereocenters. The molecule has 0 amide bonds. The van der Waals surface area contributed by atoms with Crippen LogP contribution in [-0.4, -0.2) is 15.2 Å². The van der Waals surface area contributed by atoms with E-state index in [4.69, 9.17) is 0 Å². The zero-order chi connectivity index (χ0) is 15.1. The van der Waals surface area contributed by atoms with Crippen molar-refractivity contribution in [3.63, 3.8) is 0 Å². The van der Waals surface area contributed by atoms with Gasteiger partial charge in [0, 0.05) is 15.6 Å². The van der Waals surface area contributed by atoms with Crippen molar-refractivity contribution in [1.29, 1.82) is 0 Å². The molecule has 0 aliphatic carbocycles. The highest BCUT2D eigenvalue weighted by Crippen LogP contribution is 2.41. The fourth-order valence-electron chi connectivity index (χ4n) is 2.44. The summed E-state index contributed by atoms with van der Waals surface area (Å²) in [5.74, 6) is 0.707. The lowest BCUT2D eigenvalue weighted by Gasteiger charge is -2.12. The van der Waals surface area contributed by atoms with Crippen LogP contribution in [0.1, 0.15) is 25.3 Å². The van der Waals surface area contributed by atoms with Crippen LogP contribution < -0.4 is 0 Å². The van der Waals surface area contributed by atoms with E-state index in [-0.39, 0.29) is 11.7 Å². The fourth-order valence-corrected chi connectivity index (χ4v) is 4.17. The summed E-state index contributed by atoms with van der Waals surface area (Å²) in [6, 6.07) is 8.85. The minimum atomic E-state index is 0.199. The number of rotatable bonds is 2. The van der Waals surface area contributed by atoms with Crippen molar-refractivity contribution in [3.8, 4) is 22.1 Å². The van der Waals surface area contributed by atoms with E-state index in [0.29, 0.717) is 5.75 Å². The van der Waals surface area contributed by atoms with Gasteiger partial charge in [-0.3, -0.25) is 0 Å². The van der Waals surface area contributed by atoms with Gasteiger partial charge in [0.1, 0.15) is 16.5 Å². The molecule has 3 aromatic rings. The molecule has 108 valence electrons. The first kappa shape index (κ1) is 14.4.